The fraction of sp³-hybridized carbons (Fsp3) is 0.286. The zero-order valence-electron chi connectivity index (χ0n) is 15.4. The zero-order chi connectivity index (χ0) is 19.3. The fourth-order valence-corrected chi connectivity index (χ4v) is 5.50. The number of thioether (sulfide) groups is 1. The van der Waals surface area contributed by atoms with Gasteiger partial charge in [0.2, 0.25) is 0 Å². The van der Waals surface area contributed by atoms with Crippen LogP contribution in [0.4, 0.5) is 5.69 Å². The lowest BCUT2D eigenvalue weighted by molar-refractivity contribution is -0.910. The average Bonchev–Trinajstić information content (AvgIpc) is 3.33. The van der Waals surface area contributed by atoms with E-state index in [2.05, 4.69) is 17.5 Å². The van der Waals surface area contributed by atoms with Crippen LogP contribution < -0.4 is 10.2 Å². The number of amides is 1. The highest BCUT2D eigenvalue weighted by Gasteiger charge is 2.34. The largest absolute Gasteiger partial charge is 0.320 e. The fourth-order valence-electron chi connectivity index (χ4n) is 3.67. The van der Waals surface area contributed by atoms with Gasteiger partial charge < -0.3 is 10.2 Å². The van der Waals surface area contributed by atoms with Crippen LogP contribution in [-0.4, -0.2) is 29.7 Å². The third-order valence-electron chi connectivity index (χ3n) is 4.93. The molecule has 1 aliphatic rings. The lowest BCUT2D eigenvalue weighted by atomic mass is 10.2. The number of nitriles is 1. The summed E-state index contributed by atoms with van der Waals surface area (Å²) in [6.07, 6.45) is 2.18. The number of anilines is 1. The van der Waals surface area contributed by atoms with Gasteiger partial charge in [0.15, 0.2) is 11.6 Å². The monoisotopic (exact) mass is 409 g/mol. The smallest absolute Gasteiger partial charge is 0.279 e. The molecule has 142 valence electrons. The number of para-hydroxylation sites is 2. The summed E-state index contributed by atoms with van der Waals surface area (Å²) in [5, 5.41) is 13.0. The molecule has 0 bridgehead atoms. The molecule has 3 aromatic rings. The van der Waals surface area contributed by atoms with E-state index in [0.717, 1.165) is 40.5 Å². The number of hydrogen-bond acceptors (Lipinski definition) is 5. The summed E-state index contributed by atoms with van der Waals surface area (Å²) in [6, 6.07) is 18.3. The van der Waals surface area contributed by atoms with Gasteiger partial charge in [0.1, 0.15) is 6.04 Å². The normalized spacial score (nSPS) is 18.8. The quantitative estimate of drug-likeness (QED) is 0.613. The Morgan fingerprint density at radius 1 is 1.29 bits per heavy atom. The molecule has 1 aromatic heterocycles. The highest BCUT2D eigenvalue weighted by atomic mass is 32.2. The van der Waals surface area contributed by atoms with Gasteiger partial charge in [-0.25, -0.2) is 4.98 Å². The zero-order valence-corrected chi connectivity index (χ0v) is 17.0. The number of likely N-dealkylation sites (tertiary alicyclic amines) is 1. The molecule has 1 amide bonds. The maximum Gasteiger partial charge on any atom is 0.279 e. The molecule has 2 atom stereocenters. The van der Waals surface area contributed by atoms with Crippen LogP contribution in [0, 0.1) is 11.3 Å². The van der Waals surface area contributed by atoms with Crippen LogP contribution in [0.5, 0.6) is 0 Å². The molecular weight excluding hydrogens is 388 g/mol. The predicted molar refractivity (Wildman–Crippen MR) is 114 cm³/mol. The Bertz CT molecular complexity index is 993. The summed E-state index contributed by atoms with van der Waals surface area (Å²) >= 11 is 3.18. The Labute approximate surface area is 172 Å². The molecule has 0 aliphatic carbocycles. The van der Waals surface area contributed by atoms with Crippen LogP contribution in [0.15, 0.2) is 53.4 Å². The molecule has 2 aromatic carbocycles. The molecule has 5 nitrogen and oxygen atoms in total. The minimum Gasteiger partial charge on any atom is -0.320 e. The topological polar surface area (TPSA) is 70.2 Å². The van der Waals surface area contributed by atoms with Crippen molar-refractivity contribution in [2.75, 3.05) is 24.2 Å². The van der Waals surface area contributed by atoms with E-state index in [1.807, 2.05) is 42.5 Å². The first-order chi connectivity index (χ1) is 13.7. The van der Waals surface area contributed by atoms with Crippen molar-refractivity contribution in [1.82, 2.24) is 4.98 Å². The van der Waals surface area contributed by atoms with Crippen molar-refractivity contribution in [2.45, 2.75) is 23.8 Å². The van der Waals surface area contributed by atoms with Gasteiger partial charge in [0.05, 0.1) is 34.3 Å². The second-order valence-corrected chi connectivity index (χ2v) is 8.87. The van der Waals surface area contributed by atoms with Crippen molar-refractivity contribution in [3.8, 4) is 6.07 Å². The standard InChI is InChI=1S/C21H20N4OS2/c22-11-13-27-18-9-3-1-6-15(18)23-20(26)14-25-12-5-8-17(25)21-24-16-7-2-4-10-19(16)28-21/h1-4,6-7,9-10,17H,5,8,12-14H2,(H,23,26)/p+1/t17-/m1/s1. The van der Waals surface area contributed by atoms with Crippen LogP contribution >= 0.6 is 23.1 Å². The van der Waals surface area contributed by atoms with Crippen molar-refractivity contribution in [3.63, 3.8) is 0 Å². The Morgan fingerprint density at radius 2 is 2.11 bits per heavy atom. The van der Waals surface area contributed by atoms with E-state index in [4.69, 9.17) is 10.2 Å². The maximum absolute atomic E-state index is 12.7. The number of hydrogen-bond donors (Lipinski definition) is 2. The van der Waals surface area contributed by atoms with Gasteiger partial charge in [-0.15, -0.1) is 23.1 Å². The molecule has 2 heterocycles. The first-order valence-electron chi connectivity index (χ1n) is 9.33. The van der Waals surface area contributed by atoms with Crippen LogP contribution in [0.3, 0.4) is 0 Å². The van der Waals surface area contributed by atoms with Crippen LogP contribution in [0.2, 0.25) is 0 Å². The van der Waals surface area contributed by atoms with Gasteiger partial charge in [-0.05, 0) is 24.3 Å². The number of benzene rings is 2. The molecule has 28 heavy (non-hydrogen) atoms. The number of thiazole rings is 1. The number of rotatable bonds is 6. The van der Waals surface area contributed by atoms with E-state index >= 15 is 0 Å². The highest BCUT2D eigenvalue weighted by molar-refractivity contribution is 7.99. The van der Waals surface area contributed by atoms with Crippen LogP contribution in [0.25, 0.3) is 10.2 Å². The summed E-state index contributed by atoms with van der Waals surface area (Å²) in [4.78, 5) is 19.7. The van der Waals surface area contributed by atoms with Gasteiger partial charge in [-0.2, -0.15) is 5.26 Å². The third-order valence-corrected chi connectivity index (χ3v) is 7.02. The van der Waals surface area contributed by atoms with E-state index in [1.54, 1.807) is 11.3 Å². The van der Waals surface area contributed by atoms with Crippen molar-refractivity contribution >= 4 is 44.9 Å². The maximum atomic E-state index is 12.7. The molecule has 4 rings (SSSR count). The molecule has 0 saturated carbocycles. The number of carbonyl (C=O) groups excluding carboxylic acids is 1. The predicted octanol–water partition coefficient (Wildman–Crippen LogP) is 3.27. The lowest BCUT2D eigenvalue weighted by Gasteiger charge is -2.19. The second kappa shape index (κ2) is 8.74. The highest BCUT2D eigenvalue weighted by Crippen LogP contribution is 2.29. The van der Waals surface area contributed by atoms with E-state index < -0.39 is 0 Å². The van der Waals surface area contributed by atoms with Gasteiger partial charge >= 0.3 is 0 Å². The Balaban J connectivity index is 1.45. The summed E-state index contributed by atoms with van der Waals surface area (Å²) in [6.45, 7) is 1.41. The molecular formula is C21H21N4OS2+. The van der Waals surface area contributed by atoms with Gasteiger partial charge in [0.25, 0.3) is 5.91 Å². The molecule has 1 fully saturated rings. The average molecular weight is 410 g/mol. The van der Waals surface area contributed by atoms with Crippen LogP contribution in [-0.2, 0) is 4.79 Å². The van der Waals surface area contributed by atoms with Crippen molar-refractivity contribution in [3.05, 3.63) is 53.5 Å². The first-order valence-corrected chi connectivity index (χ1v) is 11.1. The molecule has 7 heteroatoms. The van der Waals surface area contributed by atoms with E-state index in [-0.39, 0.29) is 11.9 Å². The number of nitrogens with zero attached hydrogens (tertiary/aromatic N) is 2. The van der Waals surface area contributed by atoms with Crippen LogP contribution in [0.1, 0.15) is 23.9 Å². The number of fused-ring (bicyclic) bond motifs is 1. The van der Waals surface area contributed by atoms with E-state index in [0.29, 0.717) is 12.3 Å². The van der Waals surface area contributed by atoms with E-state index in [9.17, 15) is 4.79 Å². The van der Waals surface area contributed by atoms with E-state index in [1.165, 1.54) is 21.4 Å². The Kier molecular flexibility index (Phi) is 5.91. The Morgan fingerprint density at radius 3 is 2.96 bits per heavy atom. The number of carbonyl (C=O) groups is 1. The summed E-state index contributed by atoms with van der Waals surface area (Å²) in [7, 11) is 0. The van der Waals surface area contributed by atoms with Gasteiger partial charge in [-0.3, -0.25) is 4.79 Å². The molecule has 1 aliphatic heterocycles. The van der Waals surface area contributed by atoms with Crippen molar-refractivity contribution in [2.24, 2.45) is 0 Å². The lowest BCUT2D eigenvalue weighted by Crippen LogP contribution is -3.11. The third kappa shape index (κ3) is 4.20. The molecule has 1 unspecified atom stereocenters. The minimum absolute atomic E-state index is 0.00742. The van der Waals surface area contributed by atoms with Crippen molar-refractivity contribution < 1.29 is 9.69 Å². The van der Waals surface area contributed by atoms with Gasteiger partial charge in [0, 0.05) is 17.7 Å². The molecule has 2 N–H and O–H groups in total. The number of nitrogens with one attached hydrogen (secondary N) is 2. The molecule has 0 spiro atoms. The first kappa shape index (κ1) is 18.9. The summed E-state index contributed by atoms with van der Waals surface area (Å²) in [5.74, 6) is 0.372. The molecule has 0 radical (unpaired) electrons. The van der Waals surface area contributed by atoms with Gasteiger partial charge in [-0.1, -0.05) is 24.3 Å². The summed E-state index contributed by atoms with van der Waals surface area (Å²) in [5.41, 5.74) is 1.82. The summed E-state index contributed by atoms with van der Waals surface area (Å²) < 4.78 is 1.21. The SMILES string of the molecule is N#CCSc1ccccc1NC(=O)C[NH+]1CCC[C@@H]1c1nc2ccccc2s1. The number of quaternary nitrogens is 1. The minimum atomic E-state index is 0.00742. The van der Waals surface area contributed by atoms with Crippen molar-refractivity contribution in [1.29, 1.82) is 5.26 Å². The Hall–Kier alpha value is -2.40. The molecule has 1 saturated heterocycles. The second-order valence-electron chi connectivity index (χ2n) is 6.79. The number of aromatic nitrogens is 1.